The van der Waals surface area contributed by atoms with Gasteiger partial charge >= 0.3 is 6.18 Å². The van der Waals surface area contributed by atoms with Gasteiger partial charge in [-0.3, -0.25) is 4.79 Å². The minimum Gasteiger partial charge on any atom is -0.493 e. The fourth-order valence-corrected chi connectivity index (χ4v) is 2.56. The molecule has 1 amide bonds. The molecule has 0 atom stereocenters. The lowest BCUT2D eigenvalue weighted by molar-refractivity contribution is -0.137. The van der Waals surface area contributed by atoms with Crippen LogP contribution in [0.25, 0.3) is 10.9 Å². The van der Waals surface area contributed by atoms with Crippen molar-refractivity contribution >= 4 is 28.2 Å². The molecule has 6 nitrogen and oxygen atoms in total. The van der Waals surface area contributed by atoms with E-state index in [2.05, 4.69) is 20.5 Å². The molecule has 0 bridgehead atoms. The van der Waals surface area contributed by atoms with Gasteiger partial charge in [0.25, 0.3) is 5.91 Å². The third-order valence-corrected chi connectivity index (χ3v) is 3.89. The van der Waals surface area contributed by atoms with Crippen LogP contribution >= 0.6 is 0 Å². The van der Waals surface area contributed by atoms with Crippen LogP contribution in [0, 0.1) is 6.92 Å². The Balaban J connectivity index is 1.70. The summed E-state index contributed by atoms with van der Waals surface area (Å²) in [5.74, 6) is -0.921. The van der Waals surface area contributed by atoms with Crippen molar-refractivity contribution in [1.29, 1.82) is 0 Å². The molecule has 0 radical (unpaired) electrons. The number of carbonyl (C=O) groups is 1. The number of aryl methyl sites for hydroxylation is 1. The van der Waals surface area contributed by atoms with Crippen LogP contribution in [0.4, 0.5) is 24.5 Å². The number of rotatable bonds is 4. The molecule has 3 rings (SSSR count). The Bertz CT molecular complexity index is 1030. The maximum Gasteiger partial charge on any atom is 0.416 e. The van der Waals surface area contributed by atoms with E-state index in [1.165, 1.54) is 12.1 Å². The number of fused-ring (bicyclic) bond motifs is 1. The minimum absolute atomic E-state index is 0.126. The number of aromatic hydroxyl groups is 1. The third kappa shape index (κ3) is 4.08. The number of alkyl halides is 3. The number of H-pyrrole nitrogens is 1. The molecule has 9 heteroatoms. The number of hydrogen-bond donors (Lipinski definition) is 3. The molecule has 0 unspecified atom stereocenters. The normalized spacial score (nSPS) is 12.0. The first-order valence-corrected chi connectivity index (χ1v) is 7.91. The number of para-hydroxylation sites is 1. The highest BCUT2D eigenvalue weighted by Gasteiger charge is 2.30. The number of halogens is 3. The average Bonchev–Trinajstić information content (AvgIpc) is 2.94. The van der Waals surface area contributed by atoms with Crippen molar-refractivity contribution < 1.29 is 23.1 Å². The number of anilines is 1. The van der Waals surface area contributed by atoms with E-state index in [-0.39, 0.29) is 23.8 Å². The first-order valence-electron chi connectivity index (χ1n) is 7.91. The zero-order chi connectivity index (χ0) is 19.6. The largest absolute Gasteiger partial charge is 0.493 e. The van der Waals surface area contributed by atoms with Crippen molar-refractivity contribution in [2.24, 2.45) is 10.2 Å². The van der Waals surface area contributed by atoms with Gasteiger partial charge in [-0.1, -0.05) is 24.3 Å². The Morgan fingerprint density at radius 3 is 2.70 bits per heavy atom. The molecule has 27 heavy (non-hydrogen) atoms. The van der Waals surface area contributed by atoms with Crippen LogP contribution in [0.3, 0.4) is 0 Å². The second kappa shape index (κ2) is 7.10. The molecule has 0 saturated carbocycles. The summed E-state index contributed by atoms with van der Waals surface area (Å²) in [6.45, 7) is 1.51. The number of hydrogen-bond acceptors (Lipinski definition) is 4. The molecule has 1 aromatic heterocycles. The fraction of sp³-hybridized carbons (Fsp3) is 0.167. The molecule has 0 aliphatic rings. The SMILES string of the molecule is Cc1cccc2c(N=NC(=O)CNc3cccc(C(F)(F)F)c3)c(O)[nH]c12. The van der Waals surface area contributed by atoms with Gasteiger partial charge in [0.2, 0.25) is 5.88 Å². The minimum atomic E-state index is -4.47. The number of azo groups is 1. The van der Waals surface area contributed by atoms with Crippen molar-refractivity contribution in [1.82, 2.24) is 4.98 Å². The number of nitrogens with zero attached hydrogens (tertiary/aromatic N) is 2. The van der Waals surface area contributed by atoms with Crippen LogP contribution in [0.2, 0.25) is 0 Å². The van der Waals surface area contributed by atoms with Gasteiger partial charge < -0.3 is 15.4 Å². The van der Waals surface area contributed by atoms with E-state index in [4.69, 9.17) is 0 Å². The average molecular weight is 376 g/mol. The van der Waals surface area contributed by atoms with Gasteiger partial charge in [-0.2, -0.15) is 13.2 Å². The first-order chi connectivity index (χ1) is 12.8. The lowest BCUT2D eigenvalue weighted by Gasteiger charge is -2.09. The van der Waals surface area contributed by atoms with Gasteiger partial charge in [-0.05, 0) is 30.7 Å². The zero-order valence-electron chi connectivity index (χ0n) is 14.1. The molecule has 140 valence electrons. The van der Waals surface area contributed by atoms with Gasteiger partial charge in [0.15, 0.2) is 5.69 Å². The van der Waals surface area contributed by atoms with E-state index in [0.29, 0.717) is 10.9 Å². The molecule has 3 aromatic rings. The highest BCUT2D eigenvalue weighted by Crippen LogP contribution is 2.36. The maximum atomic E-state index is 12.7. The summed E-state index contributed by atoms with van der Waals surface area (Å²) in [6, 6.07) is 9.84. The topological polar surface area (TPSA) is 89.8 Å². The zero-order valence-corrected chi connectivity index (χ0v) is 14.1. The van der Waals surface area contributed by atoms with Crippen LogP contribution in [0.1, 0.15) is 11.1 Å². The standard InChI is InChI=1S/C18H15F3N4O2/c1-10-4-2-7-13-15(10)23-17(27)16(13)25-24-14(26)9-22-12-6-3-5-11(8-12)18(19,20)21/h2-8,22-23,27H,9H2,1H3. The number of carbonyl (C=O) groups excluding carboxylic acids is 1. The lowest BCUT2D eigenvalue weighted by atomic mass is 10.1. The smallest absolute Gasteiger partial charge is 0.416 e. The Morgan fingerprint density at radius 2 is 1.96 bits per heavy atom. The third-order valence-electron chi connectivity index (χ3n) is 3.89. The van der Waals surface area contributed by atoms with Crippen LogP contribution in [-0.2, 0) is 11.0 Å². The molecule has 3 N–H and O–H groups in total. The van der Waals surface area contributed by atoms with E-state index < -0.39 is 17.6 Å². The van der Waals surface area contributed by atoms with Crippen LogP contribution in [0.15, 0.2) is 52.7 Å². The van der Waals surface area contributed by atoms with Crippen molar-refractivity contribution in [3.05, 3.63) is 53.6 Å². The van der Waals surface area contributed by atoms with E-state index in [1.54, 1.807) is 12.1 Å². The van der Waals surface area contributed by atoms with Gasteiger partial charge in [0.1, 0.15) is 0 Å². The van der Waals surface area contributed by atoms with Crippen molar-refractivity contribution in [2.75, 3.05) is 11.9 Å². The summed E-state index contributed by atoms with van der Waals surface area (Å²) < 4.78 is 38.1. The maximum absolute atomic E-state index is 12.7. The number of nitrogens with one attached hydrogen (secondary N) is 2. The van der Waals surface area contributed by atoms with Crippen LogP contribution in [-0.4, -0.2) is 22.5 Å². The van der Waals surface area contributed by atoms with E-state index in [1.807, 2.05) is 13.0 Å². The number of aromatic nitrogens is 1. The van der Waals surface area contributed by atoms with Gasteiger partial charge in [-0.25, -0.2) is 0 Å². The molecule has 1 heterocycles. The summed E-state index contributed by atoms with van der Waals surface area (Å²) in [5, 5.41) is 20.4. The second-order valence-corrected chi connectivity index (χ2v) is 5.85. The molecule has 0 aliphatic heterocycles. The van der Waals surface area contributed by atoms with Crippen LogP contribution < -0.4 is 5.32 Å². The molecular formula is C18H15F3N4O2. The predicted molar refractivity (Wildman–Crippen MR) is 94.2 cm³/mol. The fourth-order valence-electron chi connectivity index (χ4n) is 2.56. The van der Waals surface area contributed by atoms with E-state index in [0.717, 1.165) is 17.7 Å². The van der Waals surface area contributed by atoms with Crippen molar-refractivity contribution in [3.8, 4) is 5.88 Å². The van der Waals surface area contributed by atoms with E-state index in [9.17, 15) is 23.1 Å². The summed E-state index contributed by atoms with van der Waals surface area (Å²) in [5.41, 5.74) is 1.01. The number of amides is 1. The summed E-state index contributed by atoms with van der Waals surface area (Å²) in [4.78, 5) is 14.6. The van der Waals surface area contributed by atoms with Crippen molar-refractivity contribution in [2.45, 2.75) is 13.1 Å². The van der Waals surface area contributed by atoms with Gasteiger partial charge in [0.05, 0.1) is 17.6 Å². The summed E-state index contributed by atoms with van der Waals surface area (Å²) in [7, 11) is 0. The Labute approximate surface area is 151 Å². The summed E-state index contributed by atoms with van der Waals surface area (Å²) in [6.07, 6.45) is -4.47. The first kappa shape index (κ1) is 18.4. The Kier molecular flexibility index (Phi) is 4.85. The Hall–Kier alpha value is -3.36. The monoisotopic (exact) mass is 376 g/mol. The Morgan fingerprint density at radius 1 is 1.22 bits per heavy atom. The van der Waals surface area contributed by atoms with Crippen LogP contribution in [0.5, 0.6) is 5.88 Å². The number of aromatic amines is 1. The number of benzene rings is 2. The van der Waals surface area contributed by atoms with Gasteiger partial charge in [-0.15, -0.1) is 10.2 Å². The molecule has 0 fully saturated rings. The van der Waals surface area contributed by atoms with E-state index >= 15 is 0 Å². The highest BCUT2D eigenvalue weighted by molar-refractivity contribution is 5.96. The molecule has 0 aliphatic carbocycles. The molecule has 0 saturated heterocycles. The molecule has 2 aromatic carbocycles. The highest BCUT2D eigenvalue weighted by atomic mass is 19.4. The predicted octanol–water partition coefficient (Wildman–Crippen LogP) is 4.92. The quantitative estimate of drug-likeness (QED) is 0.565. The van der Waals surface area contributed by atoms with Gasteiger partial charge in [0, 0.05) is 11.1 Å². The molecular weight excluding hydrogens is 361 g/mol. The lowest BCUT2D eigenvalue weighted by Crippen LogP contribution is -2.12. The van der Waals surface area contributed by atoms with Crippen molar-refractivity contribution in [3.63, 3.8) is 0 Å². The summed E-state index contributed by atoms with van der Waals surface area (Å²) >= 11 is 0. The second-order valence-electron chi connectivity index (χ2n) is 5.85. The molecule has 0 spiro atoms.